The van der Waals surface area contributed by atoms with Gasteiger partial charge in [0.05, 0.1) is 21.3 Å². The number of pyridine rings is 1. The molecule has 0 aliphatic carbocycles. The molecule has 5 nitrogen and oxygen atoms in total. The number of hydrogen-bond acceptors (Lipinski definition) is 6. The fraction of sp³-hybridized carbons (Fsp3) is 0.200. The molecule has 0 aliphatic heterocycles. The second-order valence-corrected chi connectivity index (χ2v) is 8.94. The molecule has 1 amide bonds. The Labute approximate surface area is 187 Å². The third-order valence-corrected chi connectivity index (χ3v) is 6.43. The predicted octanol–water partition coefficient (Wildman–Crippen LogP) is 6.12. The second-order valence-electron chi connectivity index (χ2n) is 6.19. The van der Waals surface area contributed by atoms with E-state index in [2.05, 4.69) is 21.4 Å². The summed E-state index contributed by atoms with van der Waals surface area (Å²) in [5.41, 5.74) is 3.86. The third-order valence-electron chi connectivity index (χ3n) is 3.96. The van der Waals surface area contributed by atoms with Crippen LogP contribution in [0.5, 0.6) is 0 Å². The molecule has 9 heteroatoms. The second kappa shape index (κ2) is 9.59. The Hall–Kier alpha value is -2.11. The molecule has 2 aromatic heterocycles. The molecule has 148 valence electrons. The molecule has 0 fully saturated rings. The minimum Gasteiger partial charge on any atom is -0.302 e. The molecule has 0 saturated heterocycles. The van der Waals surface area contributed by atoms with Gasteiger partial charge in [0.1, 0.15) is 11.1 Å². The van der Waals surface area contributed by atoms with Crippen LogP contribution in [0.4, 0.5) is 5.13 Å². The maximum atomic E-state index is 12.3. The highest BCUT2D eigenvalue weighted by atomic mass is 35.5. The van der Waals surface area contributed by atoms with E-state index in [0.717, 1.165) is 22.5 Å². The van der Waals surface area contributed by atoms with Crippen molar-refractivity contribution in [2.24, 2.45) is 0 Å². The Kier molecular flexibility index (Phi) is 7.14. The number of nitriles is 1. The minimum atomic E-state index is -0.143. The van der Waals surface area contributed by atoms with Crippen molar-refractivity contribution in [2.75, 3.05) is 11.1 Å². The Morgan fingerprint density at radius 2 is 2.03 bits per heavy atom. The van der Waals surface area contributed by atoms with Crippen molar-refractivity contribution in [3.05, 3.63) is 56.5 Å². The number of hydrogen-bond donors (Lipinski definition) is 1. The van der Waals surface area contributed by atoms with Crippen LogP contribution in [-0.4, -0.2) is 21.6 Å². The summed E-state index contributed by atoms with van der Waals surface area (Å²) in [6.07, 6.45) is 0.284. The number of thiazole rings is 1. The summed E-state index contributed by atoms with van der Waals surface area (Å²) >= 11 is 14.7. The van der Waals surface area contributed by atoms with Gasteiger partial charge in [-0.15, -0.1) is 23.1 Å². The largest absolute Gasteiger partial charge is 0.302 e. The Bertz CT molecular complexity index is 1110. The van der Waals surface area contributed by atoms with E-state index in [0.29, 0.717) is 31.5 Å². The zero-order valence-electron chi connectivity index (χ0n) is 15.6. The van der Waals surface area contributed by atoms with Gasteiger partial charge in [0.15, 0.2) is 5.13 Å². The lowest BCUT2D eigenvalue weighted by Crippen LogP contribution is -2.12. The molecule has 2 heterocycles. The number of rotatable bonds is 6. The van der Waals surface area contributed by atoms with E-state index in [1.165, 1.54) is 23.1 Å². The number of benzene rings is 1. The Balaban J connectivity index is 1.58. The number of nitrogens with one attached hydrogen (secondary N) is 1. The summed E-state index contributed by atoms with van der Waals surface area (Å²) in [4.78, 5) is 21.1. The summed E-state index contributed by atoms with van der Waals surface area (Å²) in [6.45, 7) is 3.77. The van der Waals surface area contributed by atoms with Gasteiger partial charge in [0, 0.05) is 28.8 Å². The highest BCUT2D eigenvalue weighted by Crippen LogP contribution is 2.30. The molecular formula is C20H16Cl2N4OS2. The van der Waals surface area contributed by atoms with E-state index < -0.39 is 0 Å². The number of carbonyl (C=O) groups excluding carboxylic acids is 1. The molecular weight excluding hydrogens is 447 g/mol. The van der Waals surface area contributed by atoms with Crippen LogP contribution in [0.15, 0.2) is 34.7 Å². The highest BCUT2D eigenvalue weighted by molar-refractivity contribution is 7.99. The first-order chi connectivity index (χ1) is 13.9. The molecule has 0 unspecified atom stereocenters. The molecule has 1 N–H and O–H groups in total. The van der Waals surface area contributed by atoms with Crippen molar-refractivity contribution in [1.82, 2.24) is 9.97 Å². The van der Waals surface area contributed by atoms with Crippen LogP contribution < -0.4 is 5.32 Å². The molecule has 0 radical (unpaired) electrons. The molecule has 0 aliphatic rings. The summed E-state index contributed by atoms with van der Waals surface area (Å²) in [6, 6.07) is 9.35. The first-order valence-electron chi connectivity index (χ1n) is 8.59. The van der Waals surface area contributed by atoms with E-state index in [9.17, 15) is 10.1 Å². The topological polar surface area (TPSA) is 78.7 Å². The summed E-state index contributed by atoms with van der Waals surface area (Å²) in [7, 11) is 0. The van der Waals surface area contributed by atoms with Crippen molar-refractivity contribution in [1.29, 1.82) is 5.26 Å². The van der Waals surface area contributed by atoms with Gasteiger partial charge in [-0.05, 0) is 37.6 Å². The third kappa shape index (κ3) is 5.49. The van der Waals surface area contributed by atoms with Crippen molar-refractivity contribution in [3.63, 3.8) is 0 Å². The lowest BCUT2D eigenvalue weighted by atomic mass is 10.1. The molecule has 0 spiro atoms. The van der Waals surface area contributed by atoms with E-state index in [4.69, 9.17) is 23.2 Å². The normalized spacial score (nSPS) is 10.6. The maximum Gasteiger partial charge on any atom is 0.226 e. The number of halogens is 2. The Morgan fingerprint density at radius 1 is 1.24 bits per heavy atom. The van der Waals surface area contributed by atoms with E-state index in [1.807, 2.05) is 31.4 Å². The maximum absolute atomic E-state index is 12.3. The average molecular weight is 463 g/mol. The van der Waals surface area contributed by atoms with Gasteiger partial charge >= 0.3 is 0 Å². The molecule has 0 bridgehead atoms. The summed E-state index contributed by atoms with van der Waals surface area (Å²) in [5.74, 6) is 0.372. The van der Waals surface area contributed by atoms with E-state index in [1.54, 1.807) is 12.1 Å². The molecule has 0 saturated carbocycles. The SMILES string of the molecule is Cc1cc(C)c(C#N)c(SCCC(=O)Nc2nc(-c3ccc(Cl)c(Cl)c3)cs2)n1. The average Bonchev–Trinajstić information content (AvgIpc) is 3.12. The molecule has 29 heavy (non-hydrogen) atoms. The van der Waals surface area contributed by atoms with Crippen LogP contribution in [0.25, 0.3) is 11.3 Å². The number of thioether (sulfide) groups is 1. The molecule has 3 aromatic rings. The minimum absolute atomic E-state index is 0.143. The van der Waals surface area contributed by atoms with Crippen molar-refractivity contribution < 1.29 is 4.79 Å². The molecule has 3 rings (SSSR count). The standard InChI is InChI=1S/C20H16Cl2N4OS2/c1-11-7-12(2)24-19(14(11)9-23)28-6-5-18(27)26-20-25-17(10-29-20)13-3-4-15(21)16(22)8-13/h3-4,7-8,10H,5-6H2,1-2H3,(H,25,26,27). The highest BCUT2D eigenvalue weighted by Gasteiger charge is 2.12. The van der Waals surface area contributed by atoms with Crippen molar-refractivity contribution in [3.8, 4) is 17.3 Å². The van der Waals surface area contributed by atoms with Gasteiger partial charge in [-0.2, -0.15) is 5.26 Å². The van der Waals surface area contributed by atoms with Gasteiger partial charge < -0.3 is 5.32 Å². The summed E-state index contributed by atoms with van der Waals surface area (Å²) < 4.78 is 0. The van der Waals surface area contributed by atoms with Crippen LogP contribution >= 0.6 is 46.3 Å². The van der Waals surface area contributed by atoms with Crippen molar-refractivity contribution in [2.45, 2.75) is 25.3 Å². The lowest BCUT2D eigenvalue weighted by Gasteiger charge is -2.07. The molecule has 1 aromatic carbocycles. The van der Waals surface area contributed by atoms with Crippen LogP contribution in [0.3, 0.4) is 0 Å². The number of nitrogens with zero attached hydrogens (tertiary/aromatic N) is 3. The monoisotopic (exact) mass is 462 g/mol. The first kappa shape index (κ1) is 21.6. The lowest BCUT2D eigenvalue weighted by molar-refractivity contribution is -0.115. The quantitative estimate of drug-likeness (QED) is 0.446. The van der Waals surface area contributed by atoms with Crippen molar-refractivity contribution >= 4 is 57.3 Å². The van der Waals surface area contributed by atoms with Gasteiger partial charge in [-0.25, -0.2) is 9.97 Å². The van der Waals surface area contributed by atoms with Gasteiger partial charge in [-0.3, -0.25) is 4.79 Å². The predicted molar refractivity (Wildman–Crippen MR) is 120 cm³/mol. The zero-order chi connectivity index (χ0) is 21.0. The zero-order valence-corrected chi connectivity index (χ0v) is 18.8. The van der Waals surface area contributed by atoms with Gasteiger partial charge in [0.2, 0.25) is 5.91 Å². The summed E-state index contributed by atoms with van der Waals surface area (Å²) in [5, 5.41) is 16.1. The number of aromatic nitrogens is 2. The number of anilines is 1. The van der Waals surface area contributed by atoms with Crippen LogP contribution in [0.2, 0.25) is 10.0 Å². The van der Waals surface area contributed by atoms with Crippen LogP contribution in [-0.2, 0) is 4.79 Å². The van der Waals surface area contributed by atoms with Crippen LogP contribution in [0.1, 0.15) is 23.2 Å². The number of amides is 1. The smallest absolute Gasteiger partial charge is 0.226 e. The first-order valence-corrected chi connectivity index (χ1v) is 11.2. The number of carbonyl (C=O) groups is 1. The fourth-order valence-corrected chi connectivity index (χ4v) is 4.66. The van der Waals surface area contributed by atoms with Crippen LogP contribution in [0, 0.1) is 25.2 Å². The van der Waals surface area contributed by atoms with Gasteiger partial charge in [-0.1, -0.05) is 29.3 Å². The number of aryl methyl sites for hydroxylation is 2. The fourth-order valence-electron chi connectivity index (χ4n) is 2.58. The van der Waals surface area contributed by atoms with Gasteiger partial charge in [0.25, 0.3) is 0 Å². The Morgan fingerprint density at radius 3 is 2.76 bits per heavy atom. The van der Waals surface area contributed by atoms with E-state index in [-0.39, 0.29) is 12.3 Å². The van der Waals surface area contributed by atoms with E-state index >= 15 is 0 Å². The molecule has 0 atom stereocenters.